The number of fused-ring (bicyclic) bond motifs is 2. The fourth-order valence-electron chi connectivity index (χ4n) is 3.00. The van der Waals surface area contributed by atoms with Crippen LogP contribution >= 0.6 is 0 Å². The first-order valence-corrected chi connectivity index (χ1v) is 5.49. The molecule has 5 heteroatoms. The Balaban J connectivity index is 1.75. The van der Waals surface area contributed by atoms with Gasteiger partial charge in [-0.15, -0.1) is 0 Å². The van der Waals surface area contributed by atoms with Gasteiger partial charge in [-0.1, -0.05) is 6.42 Å². The van der Waals surface area contributed by atoms with E-state index >= 15 is 0 Å². The molecule has 0 heterocycles. The number of hydrogen-bond donors (Lipinski definition) is 3. The molecule has 0 spiro atoms. The molecule has 0 radical (unpaired) electrons. The van der Waals surface area contributed by atoms with Crippen molar-refractivity contribution in [3.05, 3.63) is 0 Å². The fourth-order valence-corrected chi connectivity index (χ4v) is 3.00. The largest absolute Gasteiger partial charge is 0.348 e. The molecule has 0 aromatic rings. The predicted molar refractivity (Wildman–Crippen MR) is 54.3 cm³/mol. The Labute approximate surface area is 88.7 Å². The molecule has 4 N–H and O–H groups in total. The molecule has 2 rings (SSSR count). The predicted octanol–water partition coefficient (Wildman–Crippen LogP) is -0.471. The molecule has 15 heavy (non-hydrogen) atoms. The first-order valence-electron chi connectivity index (χ1n) is 5.49. The number of hydrogen-bond acceptors (Lipinski definition) is 3. The molecule has 2 aliphatic rings. The van der Waals surface area contributed by atoms with Crippen molar-refractivity contribution in [2.24, 2.45) is 23.6 Å². The monoisotopic (exact) mass is 211 g/mol. The van der Waals surface area contributed by atoms with E-state index in [0.29, 0.717) is 12.5 Å². The van der Waals surface area contributed by atoms with Crippen LogP contribution in [0.3, 0.4) is 0 Å². The summed E-state index contributed by atoms with van der Waals surface area (Å²) < 4.78 is 0. The van der Waals surface area contributed by atoms with Crippen LogP contribution in [0, 0.1) is 17.8 Å². The van der Waals surface area contributed by atoms with Gasteiger partial charge in [0.05, 0.1) is 0 Å². The van der Waals surface area contributed by atoms with E-state index in [2.05, 4.69) is 5.32 Å². The maximum Gasteiger partial charge on any atom is 0.323 e. The van der Waals surface area contributed by atoms with Gasteiger partial charge in [-0.3, -0.25) is 15.0 Å². The highest BCUT2D eigenvalue weighted by atomic mass is 16.2. The van der Waals surface area contributed by atoms with Crippen molar-refractivity contribution in [3.63, 3.8) is 0 Å². The minimum atomic E-state index is -0.766. The number of rotatable bonds is 2. The molecule has 2 amide bonds. The van der Waals surface area contributed by atoms with Crippen LogP contribution < -0.4 is 16.6 Å². The topological polar surface area (TPSA) is 84.2 Å². The minimum Gasteiger partial charge on any atom is -0.348 e. The van der Waals surface area contributed by atoms with E-state index < -0.39 is 11.8 Å². The molecule has 2 aliphatic carbocycles. The Morgan fingerprint density at radius 2 is 2.00 bits per heavy atom. The molecule has 3 unspecified atom stereocenters. The molecular formula is C10H17N3O2. The van der Waals surface area contributed by atoms with Crippen LogP contribution in [-0.2, 0) is 9.59 Å². The van der Waals surface area contributed by atoms with Gasteiger partial charge in [-0.05, 0) is 37.0 Å². The van der Waals surface area contributed by atoms with Crippen molar-refractivity contribution < 1.29 is 9.59 Å². The Morgan fingerprint density at radius 1 is 1.20 bits per heavy atom. The van der Waals surface area contributed by atoms with Crippen LogP contribution in [0.25, 0.3) is 0 Å². The smallest absolute Gasteiger partial charge is 0.323 e. The van der Waals surface area contributed by atoms with Gasteiger partial charge in [0.15, 0.2) is 0 Å². The van der Waals surface area contributed by atoms with Gasteiger partial charge in [0.25, 0.3) is 0 Å². The summed E-state index contributed by atoms with van der Waals surface area (Å²) in [5.74, 6) is 5.66. The van der Waals surface area contributed by atoms with Crippen LogP contribution in [0.2, 0.25) is 0 Å². The number of nitrogens with two attached hydrogens (primary N) is 1. The number of carbonyl (C=O) groups excluding carboxylic acids is 2. The lowest BCUT2D eigenvalue weighted by Gasteiger charge is -2.21. The normalized spacial score (nSPS) is 32.7. The summed E-state index contributed by atoms with van der Waals surface area (Å²) in [5.41, 5.74) is 1.82. The molecule has 0 saturated heterocycles. The lowest BCUT2D eigenvalue weighted by Crippen LogP contribution is -2.44. The molecule has 2 saturated carbocycles. The first kappa shape index (κ1) is 10.4. The van der Waals surface area contributed by atoms with E-state index in [0.717, 1.165) is 11.8 Å². The lowest BCUT2D eigenvalue weighted by molar-refractivity contribution is -0.139. The van der Waals surface area contributed by atoms with Gasteiger partial charge in [-0.25, -0.2) is 5.84 Å². The van der Waals surface area contributed by atoms with Crippen molar-refractivity contribution in [3.8, 4) is 0 Å². The Bertz CT molecular complexity index is 280. The van der Waals surface area contributed by atoms with Crippen LogP contribution in [-0.4, -0.2) is 18.4 Å². The molecule has 5 nitrogen and oxygen atoms in total. The summed E-state index contributed by atoms with van der Waals surface area (Å²) >= 11 is 0. The van der Waals surface area contributed by atoms with Gasteiger partial charge in [0, 0.05) is 6.54 Å². The minimum absolute atomic E-state index is 0.568. The molecule has 84 valence electrons. The number of amides is 2. The van der Waals surface area contributed by atoms with Gasteiger partial charge in [-0.2, -0.15) is 0 Å². The zero-order valence-corrected chi connectivity index (χ0v) is 8.66. The highest BCUT2D eigenvalue weighted by Gasteiger charge is 2.39. The van der Waals surface area contributed by atoms with Gasteiger partial charge < -0.3 is 5.32 Å². The lowest BCUT2D eigenvalue weighted by atomic mass is 9.89. The van der Waals surface area contributed by atoms with Crippen molar-refractivity contribution >= 4 is 11.8 Å². The van der Waals surface area contributed by atoms with Crippen LogP contribution in [0.5, 0.6) is 0 Å². The van der Waals surface area contributed by atoms with Gasteiger partial charge in [0.2, 0.25) is 0 Å². The van der Waals surface area contributed by atoms with Crippen molar-refractivity contribution in [2.75, 3.05) is 6.54 Å². The first-order chi connectivity index (χ1) is 7.20. The molecule has 3 atom stereocenters. The van der Waals surface area contributed by atoms with E-state index in [1.807, 2.05) is 5.43 Å². The summed E-state index contributed by atoms with van der Waals surface area (Å²) in [5, 5.41) is 2.63. The molecule has 2 bridgehead atoms. The van der Waals surface area contributed by atoms with Crippen molar-refractivity contribution in [1.29, 1.82) is 0 Å². The second kappa shape index (κ2) is 4.18. The number of carbonyl (C=O) groups is 2. The summed E-state index contributed by atoms with van der Waals surface area (Å²) in [6, 6.07) is 0. The van der Waals surface area contributed by atoms with Crippen molar-refractivity contribution in [1.82, 2.24) is 10.7 Å². The number of hydrazine groups is 1. The third-order valence-corrected chi connectivity index (χ3v) is 3.75. The van der Waals surface area contributed by atoms with E-state index in [4.69, 9.17) is 5.84 Å². The maximum atomic E-state index is 11.1. The standard InChI is InChI=1S/C10H17N3O2/c11-13-10(15)9(14)12-5-8-4-6-1-2-7(8)3-6/h6-8H,1-5,11H2,(H,12,14)(H,13,15). The second-order valence-corrected chi connectivity index (χ2v) is 4.62. The summed E-state index contributed by atoms with van der Waals surface area (Å²) in [7, 11) is 0. The fraction of sp³-hybridized carbons (Fsp3) is 0.800. The molecule has 0 aromatic heterocycles. The average Bonchev–Trinajstić information content (AvgIpc) is 2.86. The third kappa shape index (κ3) is 2.12. The zero-order chi connectivity index (χ0) is 10.8. The van der Waals surface area contributed by atoms with Crippen LogP contribution in [0.1, 0.15) is 25.7 Å². The Morgan fingerprint density at radius 3 is 2.53 bits per heavy atom. The van der Waals surface area contributed by atoms with E-state index in [-0.39, 0.29) is 0 Å². The third-order valence-electron chi connectivity index (χ3n) is 3.75. The highest BCUT2D eigenvalue weighted by Crippen LogP contribution is 2.47. The molecule has 0 aliphatic heterocycles. The van der Waals surface area contributed by atoms with E-state index in [1.165, 1.54) is 25.7 Å². The summed E-state index contributed by atoms with van der Waals surface area (Å²) in [6.45, 7) is 0.618. The van der Waals surface area contributed by atoms with E-state index in [1.54, 1.807) is 0 Å². The summed E-state index contributed by atoms with van der Waals surface area (Å²) in [6.07, 6.45) is 5.14. The van der Waals surface area contributed by atoms with Crippen molar-refractivity contribution in [2.45, 2.75) is 25.7 Å². The Hall–Kier alpha value is -1.10. The van der Waals surface area contributed by atoms with Gasteiger partial charge >= 0.3 is 11.8 Å². The zero-order valence-electron chi connectivity index (χ0n) is 8.66. The average molecular weight is 211 g/mol. The van der Waals surface area contributed by atoms with Crippen LogP contribution in [0.15, 0.2) is 0 Å². The summed E-state index contributed by atoms with van der Waals surface area (Å²) in [4.78, 5) is 22.0. The Kier molecular flexibility index (Phi) is 2.90. The van der Waals surface area contributed by atoms with E-state index in [9.17, 15) is 9.59 Å². The second-order valence-electron chi connectivity index (χ2n) is 4.62. The number of nitrogens with one attached hydrogen (secondary N) is 2. The molecule has 2 fully saturated rings. The SMILES string of the molecule is NNC(=O)C(=O)NCC1CC2CCC1C2. The molecular weight excluding hydrogens is 194 g/mol. The quantitative estimate of drug-likeness (QED) is 0.250. The van der Waals surface area contributed by atoms with Gasteiger partial charge in [0.1, 0.15) is 0 Å². The maximum absolute atomic E-state index is 11.1. The van der Waals surface area contributed by atoms with Crippen LogP contribution in [0.4, 0.5) is 0 Å². The molecule has 0 aromatic carbocycles. The highest BCUT2D eigenvalue weighted by molar-refractivity contribution is 6.34.